The largest absolute Gasteiger partial charge is 0.379 e. The third kappa shape index (κ3) is 6.50. The number of aryl methyl sites for hydroxylation is 1. The number of aromatic nitrogens is 2. The molecule has 3 aromatic rings. The van der Waals surface area contributed by atoms with Gasteiger partial charge in [-0.15, -0.1) is 0 Å². The van der Waals surface area contributed by atoms with Gasteiger partial charge in [-0.05, 0) is 42.8 Å². The van der Waals surface area contributed by atoms with Crippen LogP contribution in [0.25, 0.3) is 11.3 Å². The van der Waals surface area contributed by atoms with Gasteiger partial charge in [-0.3, -0.25) is 9.58 Å². The Morgan fingerprint density at radius 3 is 2.55 bits per heavy atom. The van der Waals surface area contributed by atoms with Crippen LogP contribution in [0.2, 0.25) is 5.02 Å². The van der Waals surface area contributed by atoms with Gasteiger partial charge >= 0.3 is 0 Å². The molecule has 2 aliphatic rings. The summed E-state index contributed by atoms with van der Waals surface area (Å²) in [6.07, 6.45) is 2.87. The van der Waals surface area contributed by atoms with Gasteiger partial charge in [0.2, 0.25) is 10.0 Å². The van der Waals surface area contributed by atoms with E-state index in [1.165, 1.54) is 10.6 Å². The monoisotopic (exact) mass is 616 g/mol. The maximum Gasteiger partial charge on any atom is 0.211 e. The summed E-state index contributed by atoms with van der Waals surface area (Å²) in [5.41, 5.74) is 5.34. The van der Waals surface area contributed by atoms with Gasteiger partial charge in [-0.1, -0.05) is 45.4 Å². The second-order valence-corrected chi connectivity index (χ2v) is 12.9. The quantitative estimate of drug-likeness (QED) is 0.384. The maximum absolute atomic E-state index is 12.4. The minimum atomic E-state index is -3.32. The molecule has 0 bridgehead atoms. The fourth-order valence-electron chi connectivity index (χ4n) is 4.88. The lowest BCUT2D eigenvalue weighted by molar-refractivity contribution is 0.0368. The maximum atomic E-state index is 12.4. The molecule has 10 heteroatoms. The van der Waals surface area contributed by atoms with Gasteiger partial charge in [-0.2, -0.15) is 9.40 Å². The Morgan fingerprint density at radius 2 is 1.82 bits per heavy atom. The molecule has 5 rings (SSSR count). The Bertz CT molecular complexity index is 1470. The van der Waals surface area contributed by atoms with E-state index in [4.69, 9.17) is 21.4 Å². The smallest absolute Gasteiger partial charge is 0.211 e. The minimum Gasteiger partial charge on any atom is -0.379 e. The fourth-order valence-corrected chi connectivity index (χ4v) is 6.09. The molecule has 0 unspecified atom stereocenters. The summed E-state index contributed by atoms with van der Waals surface area (Å²) in [7, 11) is -3.32. The first kappa shape index (κ1) is 27.4. The van der Waals surface area contributed by atoms with Crippen molar-refractivity contribution in [2.45, 2.75) is 25.9 Å². The van der Waals surface area contributed by atoms with E-state index in [2.05, 4.69) is 37.4 Å². The SMILES string of the molecule is CS(=O)(=O)N1CCc2c(c(-c3ccc(Cl)c(C#Cc4ccc(Br)cc4)c3)nn2CCCN2CCOCC2)C1. The number of ether oxygens (including phenoxy) is 1. The zero-order chi connectivity index (χ0) is 26.7. The first-order valence-corrected chi connectivity index (χ1v) is 15.7. The van der Waals surface area contributed by atoms with Gasteiger partial charge < -0.3 is 4.74 Å². The van der Waals surface area contributed by atoms with Crippen molar-refractivity contribution >= 4 is 37.6 Å². The van der Waals surface area contributed by atoms with E-state index in [-0.39, 0.29) is 0 Å². The Hall–Kier alpha value is -2.19. The molecule has 1 saturated heterocycles. The average molecular weight is 618 g/mol. The molecule has 0 atom stereocenters. The molecular formula is C28H30BrClN4O3S. The van der Waals surface area contributed by atoms with Crippen LogP contribution in [-0.4, -0.2) is 73.1 Å². The second-order valence-electron chi connectivity index (χ2n) is 9.60. The molecular weight excluding hydrogens is 588 g/mol. The highest BCUT2D eigenvalue weighted by molar-refractivity contribution is 9.10. The topological polar surface area (TPSA) is 67.7 Å². The normalized spacial score (nSPS) is 16.6. The summed E-state index contributed by atoms with van der Waals surface area (Å²) < 4.78 is 34.8. The van der Waals surface area contributed by atoms with Crippen molar-refractivity contribution in [2.75, 3.05) is 45.6 Å². The van der Waals surface area contributed by atoms with E-state index in [0.717, 1.165) is 78.4 Å². The highest BCUT2D eigenvalue weighted by Gasteiger charge is 2.30. The number of fused-ring (bicyclic) bond motifs is 1. The molecule has 38 heavy (non-hydrogen) atoms. The van der Waals surface area contributed by atoms with E-state index < -0.39 is 10.0 Å². The van der Waals surface area contributed by atoms with Crippen molar-refractivity contribution in [1.29, 1.82) is 0 Å². The van der Waals surface area contributed by atoms with Gasteiger partial charge in [-0.25, -0.2) is 8.42 Å². The molecule has 0 spiro atoms. The van der Waals surface area contributed by atoms with E-state index >= 15 is 0 Å². The zero-order valence-corrected chi connectivity index (χ0v) is 24.4. The highest BCUT2D eigenvalue weighted by Crippen LogP contribution is 2.33. The summed E-state index contributed by atoms with van der Waals surface area (Å²) in [6, 6.07) is 13.5. The van der Waals surface area contributed by atoms with Crippen LogP contribution in [0.1, 0.15) is 28.8 Å². The van der Waals surface area contributed by atoms with Crippen LogP contribution in [0.15, 0.2) is 46.9 Å². The average Bonchev–Trinajstić information content (AvgIpc) is 3.27. The third-order valence-electron chi connectivity index (χ3n) is 6.94. The molecule has 7 nitrogen and oxygen atoms in total. The summed E-state index contributed by atoms with van der Waals surface area (Å²) in [5, 5.41) is 5.58. The predicted octanol–water partition coefficient (Wildman–Crippen LogP) is 4.41. The number of nitrogens with zero attached hydrogens (tertiary/aromatic N) is 4. The summed E-state index contributed by atoms with van der Waals surface area (Å²) in [6.45, 7) is 6.03. The molecule has 3 heterocycles. The Morgan fingerprint density at radius 1 is 1.05 bits per heavy atom. The van der Waals surface area contributed by atoms with Crippen LogP contribution in [0.4, 0.5) is 0 Å². The number of rotatable bonds is 6. The molecule has 2 aliphatic heterocycles. The van der Waals surface area contributed by atoms with Crippen molar-refractivity contribution in [3.63, 3.8) is 0 Å². The lowest BCUT2D eigenvalue weighted by Gasteiger charge is -2.27. The van der Waals surface area contributed by atoms with Gasteiger partial charge in [0.1, 0.15) is 0 Å². The van der Waals surface area contributed by atoms with Crippen molar-refractivity contribution in [3.8, 4) is 23.1 Å². The molecule has 0 radical (unpaired) electrons. The Kier molecular flexibility index (Phi) is 8.58. The van der Waals surface area contributed by atoms with Crippen molar-refractivity contribution in [2.24, 2.45) is 0 Å². The van der Waals surface area contributed by atoms with E-state index in [9.17, 15) is 8.42 Å². The van der Waals surface area contributed by atoms with Crippen LogP contribution >= 0.6 is 27.5 Å². The number of morpholine rings is 1. The molecule has 0 saturated carbocycles. The van der Waals surface area contributed by atoms with Crippen LogP contribution in [0, 0.1) is 11.8 Å². The minimum absolute atomic E-state index is 0.315. The lowest BCUT2D eigenvalue weighted by atomic mass is 10.0. The number of benzene rings is 2. The van der Waals surface area contributed by atoms with Crippen LogP contribution < -0.4 is 0 Å². The summed E-state index contributed by atoms with van der Waals surface area (Å²) in [4.78, 5) is 2.42. The van der Waals surface area contributed by atoms with Crippen molar-refractivity contribution < 1.29 is 13.2 Å². The summed E-state index contributed by atoms with van der Waals surface area (Å²) >= 11 is 9.96. The standard InChI is InChI=1S/C28H30BrClN4O3S/c1-38(35,36)33-14-11-27-25(20-33)28(31-34(27)13-2-12-32-15-17-37-18-16-32)23-7-10-26(30)22(19-23)6-3-21-4-8-24(29)9-5-21/h4-5,7-10,19H,2,11-18,20H2,1H3. The van der Waals surface area contributed by atoms with E-state index in [1.54, 1.807) is 0 Å². The van der Waals surface area contributed by atoms with E-state index in [1.807, 2.05) is 42.5 Å². The third-order valence-corrected chi connectivity index (χ3v) is 9.05. The molecule has 1 aromatic heterocycles. The number of hydrogen-bond donors (Lipinski definition) is 0. The predicted molar refractivity (Wildman–Crippen MR) is 154 cm³/mol. The van der Waals surface area contributed by atoms with Crippen LogP contribution in [0.3, 0.4) is 0 Å². The number of hydrogen-bond acceptors (Lipinski definition) is 5. The number of halogens is 2. The van der Waals surface area contributed by atoms with Gasteiger partial charge in [0.25, 0.3) is 0 Å². The van der Waals surface area contributed by atoms with Gasteiger partial charge in [0, 0.05) is 78.1 Å². The Balaban J connectivity index is 1.45. The highest BCUT2D eigenvalue weighted by atomic mass is 79.9. The van der Waals surface area contributed by atoms with Gasteiger partial charge in [0.15, 0.2) is 0 Å². The first-order valence-electron chi connectivity index (χ1n) is 12.7. The van der Waals surface area contributed by atoms with Gasteiger partial charge in [0.05, 0.1) is 30.2 Å². The lowest BCUT2D eigenvalue weighted by Crippen LogP contribution is -2.37. The van der Waals surface area contributed by atoms with Crippen molar-refractivity contribution in [3.05, 3.63) is 74.3 Å². The number of sulfonamides is 1. The molecule has 200 valence electrons. The van der Waals surface area contributed by atoms with Crippen molar-refractivity contribution in [1.82, 2.24) is 19.0 Å². The summed E-state index contributed by atoms with van der Waals surface area (Å²) in [5.74, 6) is 6.37. The molecule has 1 fully saturated rings. The Labute approximate surface area is 237 Å². The van der Waals surface area contributed by atoms with E-state index in [0.29, 0.717) is 30.1 Å². The first-order chi connectivity index (χ1) is 18.3. The van der Waals surface area contributed by atoms with Crippen LogP contribution in [0.5, 0.6) is 0 Å². The van der Waals surface area contributed by atoms with Crippen LogP contribution in [-0.2, 0) is 34.3 Å². The molecule has 0 N–H and O–H groups in total. The second kappa shape index (κ2) is 11.9. The fraction of sp³-hybridized carbons (Fsp3) is 0.393. The molecule has 0 amide bonds. The molecule has 0 aliphatic carbocycles. The zero-order valence-electron chi connectivity index (χ0n) is 21.3. The molecule has 2 aromatic carbocycles.